The van der Waals surface area contributed by atoms with Crippen molar-refractivity contribution < 1.29 is 4.92 Å². The summed E-state index contributed by atoms with van der Waals surface area (Å²) in [5.74, 6) is 0. The second-order valence-electron chi connectivity index (χ2n) is 3.79. The predicted octanol–water partition coefficient (Wildman–Crippen LogP) is 3.75. The van der Waals surface area contributed by atoms with Gasteiger partial charge in [-0.2, -0.15) is 0 Å². The Morgan fingerprint density at radius 1 is 1.47 bits per heavy atom. The second kappa shape index (κ2) is 4.67. The first-order chi connectivity index (χ1) is 8.13. The van der Waals surface area contributed by atoms with Gasteiger partial charge in [-0.05, 0) is 24.6 Å². The van der Waals surface area contributed by atoms with E-state index in [9.17, 15) is 10.1 Å². The maximum absolute atomic E-state index is 11.0. The molecular formula is C12H11ClN2O2. The van der Waals surface area contributed by atoms with E-state index in [-0.39, 0.29) is 5.69 Å². The molecule has 1 aromatic carbocycles. The molecule has 17 heavy (non-hydrogen) atoms. The van der Waals surface area contributed by atoms with Crippen LogP contribution < -0.4 is 0 Å². The molecule has 0 aliphatic heterocycles. The number of halogens is 1. The van der Waals surface area contributed by atoms with Gasteiger partial charge in [-0.15, -0.1) is 0 Å². The molecule has 0 saturated carbocycles. The summed E-state index contributed by atoms with van der Waals surface area (Å²) in [7, 11) is 0. The van der Waals surface area contributed by atoms with Crippen molar-refractivity contribution >= 4 is 28.2 Å². The Hall–Kier alpha value is -1.68. The Bertz CT molecular complexity index is 584. The van der Waals surface area contributed by atoms with Crippen molar-refractivity contribution in [1.82, 2.24) is 4.98 Å². The van der Waals surface area contributed by atoms with Crippen molar-refractivity contribution in [3.63, 3.8) is 0 Å². The van der Waals surface area contributed by atoms with Crippen molar-refractivity contribution in [2.24, 2.45) is 0 Å². The normalized spacial score (nSPS) is 10.7. The summed E-state index contributed by atoms with van der Waals surface area (Å²) in [5.41, 5.74) is 1.52. The zero-order valence-electron chi connectivity index (χ0n) is 9.31. The highest BCUT2D eigenvalue weighted by Crippen LogP contribution is 2.29. The van der Waals surface area contributed by atoms with Crippen LogP contribution in [0.4, 0.5) is 5.69 Å². The topological polar surface area (TPSA) is 56.0 Å². The lowest BCUT2D eigenvalue weighted by atomic mass is 10.0. The maximum atomic E-state index is 11.0. The third-order valence-electron chi connectivity index (χ3n) is 2.62. The number of aryl methyl sites for hydroxylation is 1. The van der Waals surface area contributed by atoms with Gasteiger partial charge >= 0.3 is 0 Å². The average molecular weight is 251 g/mol. The number of hydrogen-bond donors (Lipinski definition) is 0. The van der Waals surface area contributed by atoms with Crippen LogP contribution in [0.25, 0.3) is 10.9 Å². The molecule has 0 bridgehead atoms. The summed E-state index contributed by atoms with van der Waals surface area (Å²) in [5, 5.41) is 12.3. The van der Waals surface area contributed by atoms with Gasteiger partial charge in [0.25, 0.3) is 5.69 Å². The van der Waals surface area contributed by atoms with Crippen LogP contribution in [0.1, 0.15) is 18.9 Å². The Labute approximate surface area is 103 Å². The number of benzene rings is 1. The molecule has 4 nitrogen and oxygen atoms in total. The Morgan fingerprint density at radius 2 is 2.24 bits per heavy atom. The van der Waals surface area contributed by atoms with Crippen LogP contribution in [-0.2, 0) is 6.42 Å². The zero-order valence-corrected chi connectivity index (χ0v) is 10.1. The van der Waals surface area contributed by atoms with E-state index in [2.05, 4.69) is 4.98 Å². The molecule has 1 aromatic heterocycles. The molecule has 0 fully saturated rings. The third kappa shape index (κ3) is 2.22. The molecule has 0 radical (unpaired) electrons. The summed E-state index contributed by atoms with van der Waals surface area (Å²) in [6, 6.07) is 5.25. The van der Waals surface area contributed by atoms with Crippen LogP contribution in [0.15, 0.2) is 24.4 Å². The van der Waals surface area contributed by atoms with E-state index in [0.717, 1.165) is 17.3 Å². The van der Waals surface area contributed by atoms with E-state index in [1.165, 1.54) is 6.20 Å². The number of nitrogens with zero attached hydrogens (tertiary/aromatic N) is 2. The SMILES string of the molecule is CCCc1c([N+](=O)[O-])cnc2ccc(Cl)cc12. The number of nitro groups is 1. The average Bonchev–Trinajstić information content (AvgIpc) is 2.29. The molecule has 0 atom stereocenters. The first-order valence-electron chi connectivity index (χ1n) is 5.35. The lowest BCUT2D eigenvalue weighted by molar-refractivity contribution is -0.385. The minimum absolute atomic E-state index is 0.0709. The Morgan fingerprint density at radius 3 is 2.88 bits per heavy atom. The number of aromatic nitrogens is 1. The molecule has 0 saturated heterocycles. The van der Waals surface area contributed by atoms with E-state index >= 15 is 0 Å². The second-order valence-corrected chi connectivity index (χ2v) is 4.23. The molecule has 0 unspecified atom stereocenters. The van der Waals surface area contributed by atoms with E-state index in [1.807, 2.05) is 6.92 Å². The first kappa shape index (κ1) is 11.8. The summed E-state index contributed by atoms with van der Waals surface area (Å²) in [6.07, 6.45) is 2.81. The van der Waals surface area contributed by atoms with Gasteiger partial charge in [0.1, 0.15) is 6.20 Å². The van der Waals surface area contributed by atoms with Gasteiger partial charge in [0, 0.05) is 16.0 Å². The van der Waals surface area contributed by atoms with Crippen LogP contribution in [0.5, 0.6) is 0 Å². The van der Waals surface area contributed by atoms with Gasteiger partial charge < -0.3 is 0 Å². The van der Waals surface area contributed by atoms with Crippen molar-refractivity contribution in [1.29, 1.82) is 0 Å². The van der Waals surface area contributed by atoms with Gasteiger partial charge in [-0.3, -0.25) is 10.1 Å². The zero-order chi connectivity index (χ0) is 12.4. The molecule has 0 aliphatic rings. The third-order valence-corrected chi connectivity index (χ3v) is 2.85. The van der Waals surface area contributed by atoms with Crippen LogP contribution in [0.3, 0.4) is 0 Å². The highest BCUT2D eigenvalue weighted by molar-refractivity contribution is 6.31. The fourth-order valence-corrected chi connectivity index (χ4v) is 2.05. The lowest BCUT2D eigenvalue weighted by Gasteiger charge is -2.06. The summed E-state index contributed by atoms with van der Waals surface area (Å²) < 4.78 is 0. The van der Waals surface area contributed by atoms with Gasteiger partial charge in [0.05, 0.1) is 10.4 Å². The molecule has 5 heteroatoms. The van der Waals surface area contributed by atoms with E-state index in [4.69, 9.17) is 11.6 Å². The number of hydrogen-bond acceptors (Lipinski definition) is 3. The van der Waals surface area contributed by atoms with Crippen LogP contribution in [-0.4, -0.2) is 9.91 Å². The van der Waals surface area contributed by atoms with Gasteiger partial charge in [0.15, 0.2) is 0 Å². The molecule has 2 aromatic rings. The van der Waals surface area contributed by atoms with Crippen LogP contribution >= 0.6 is 11.6 Å². The van der Waals surface area contributed by atoms with Gasteiger partial charge in [-0.25, -0.2) is 4.98 Å². The Balaban J connectivity index is 2.77. The first-order valence-corrected chi connectivity index (χ1v) is 5.72. The summed E-state index contributed by atoms with van der Waals surface area (Å²) in [4.78, 5) is 14.7. The van der Waals surface area contributed by atoms with E-state index in [1.54, 1.807) is 18.2 Å². The fraction of sp³-hybridized carbons (Fsp3) is 0.250. The van der Waals surface area contributed by atoms with E-state index in [0.29, 0.717) is 17.0 Å². The predicted molar refractivity (Wildman–Crippen MR) is 67.4 cm³/mol. The molecule has 0 aliphatic carbocycles. The van der Waals surface area contributed by atoms with Crippen LogP contribution in [0, 0.1) is 10.1 Å². The molecule has 0 spiro atoms. The highest BCUT2D eigenvalue weighted by atomic mass is 35.5. The summed E-state index contributed by atoms with van der Waals surface area (Å²) in [6.45, 7) is 1.99. The largest absolute Gasteiger partial charge is 0.291 e. The summed E-state index contributed by atoms with van der Waals surface area (Å²) >= 11 is 5.93. The monoisotopic (exact) mass is 250 g/mol. The minimum Gasteiger partial charge on any atom is -0.258 e. The fourth-order valence-electron chi connectivity index (χ4n) is 1.88. The smallest absolute Gasteiger partial charge is 0.258 e. The van der Waals surface area contributed by atoms with E-state index < -0.39 is 4.92 Å². The highest BCUT2D eigenvalue weighted by Gasteiger charge is 2.17. The lowest BCUT2D eigenvalue weighted by Crippen LogP contribution is -1.98. The van der Waals surface area contributed by atoms with Crippen LogP contribution in [0.2, 0.25) is 5.02 Å². The van der Waals surface area contributed by atoms with Crippen molar-refractivity contribution in [2.75, 3.05) is 0 Å². The molecular weight excluding hydrogens is 240 g/mol. The van der Waals surface area contributed by atoms with Gasteiger partial charge in [-0.1, -0.05) is 24.9 Å². The molecule has 2 rings (SSSR count). The standard InChI is InChI=1S/C12H11ClN2O2/c1-2-3-9-10-6-8(13)4-5-11(10)14-7-12(9)15(16)17/h4-7H,2-3H2,1H3. The van der Waals surface area contributed by atoms with Gasteiger partial charge in [0.2, 0.25) is 0 Å². The minimum atomic E-state index is -0.391. The Kier molecular flexibility index (Phi) is 3.24. The molecule has 0 N–H and O–H groups in total. The molecule has 0 amide bonds. The van der Waals surface area contributed by atoms with Crippen molar-refractivity contribution in [2.45, 2.75) is 19.8 Å². The maximum Gasteiger partial charge on any atom is 0.291 e. The number of fused-ring (bicyclic) bond motifs is 1. The molecule has 88 valence electrons. The van der Waals surface area contributed by atoms with Crippen molar-refractivity contribution in [3.8, 4) is 0 Å². The number of pyridine rings is 1. The molecule has 1 heterocycles. The number of rotatable bonds is 3. The van der Waals surface area contributed by atoms with Crippen molar-refractivity contribution in [3.05, 3.63) is 45.1 Å². The quantitative estimate of drug-likeness (QED) is 0.616.